The molecule has 0 saturated carbocycles. The van der Waals surface area contributed by atoms with Crippen LogP contribution in [0, 0.1) is 0 Å². The zero-order valence-electron chi connectivity index (χ0n) is 11.1. The Morgan fingerprint density at radius 1 is 1.21 bits per heavy atom. The first kappa shape index (κ1) is 13.7. The van der Waals surface area contributed by atoms with Crippen LogP contribution in [0.3, 0.4) is 0 Å². The number of halogens is 1. The monoisotopic (exact) mass is 320 g/mol. The summed E-state index contributed by atoms with van der Waals surface area (Å²) in [4.78, 5) is 2.14. The van der Waals surface area contributed by atoms with E-state index in [4.69, 9.17) is 10.5 Å². The summed E-state index contributed by atoms with van der Waals surface area (Å²) in [5, 5.41) is 0. The zero-order chi connectivity index (χ0) is 13.8. The number of nitrogens with two attached hydrogens (primary N) is 1. The van der Waals surface area contributed by atoms with E-state index >= 15 is 0 Å². The van der Waals surface area contributed by atoms with Crippen LogP contribution in [0.2, 0.25) is 0 Å². The minimum atomic E-state index is 0.702. The van der Waals surface area contributed by atoms with Crippen LogP contribution in [0.15, 0.2) is 46.9 Å². The number of methoxy groups -OCH3 is 1. The fraction of sp³-hybridized carbons (Fsp3) is 0.200. The molecule has 0 aliphatic carbocycles. The average Bonchev–Trinajstić information content (AvgIpc) is 2.40. The lowest BCUT2D eigenvalue weighted by atomic mass is 10.2. The van der Waals surface area contributed by atoms with Crippen LogP contribution in [0.4, 0.5) is 11.4 Å². The van der Waals surface area contributed by atoms with Crippen LogP contribution in [0.1, 0.15) is 5.56 Å². The van der Waals surface area contributed by atoms with Gasteiger partial charge in [0.25, 0.3) is 0 Å². The Morgan fingerprint density at radius 3 is 2.63 bits per heavy atom. The van der Waals surface area contributed by atoms with Gasteiger partial charge in [0.05, 0.1) is 7.11 Å². The second-order valence-corrected chi connectivity index (χ2v) is 5.27. The molecule has 0 saturated heterocycles. The number of nitrogen functional groups attached to an aromatic ring is 1. The molecule has 2 aromatic rings. The minimum absolute atomic E-state index is 0.702. The van der Waals surface area contributed by atoms with Crippen LogP contribution in [0.25, 0.3) is 0 Å². The van der Waals surface area contributed by atoms with Crippen molar-refractivity contribution in [2.75, 3.05) is 24.8 Å². The van der Waals surface area contributed by atoms with Crippen LogP contribution in [0.5, 0.6) is 5.75 Å². The molecule has 19 heavy (non-hydrogen) atoms. The zero-order valence-corrected chi connectivity index (χ0v) is 12.6. The minimum Gasteiger partial charge on any atom is -0.497 e. The molecule has 3 nitrogen and oxygen atoms in total. The largest absolute Gasteiger partial charge is 0.497 e. The maximum atomic E-state index is 5.88. The first-order chi connectivity index (χ1) is 9.10. The van der Waals surface area contributed by atoms with E-state index in [1.165, 1.54) is 5.56 Å². The van der Waals surface area contributed by atoms with Gasteiger partial charge in [-0.3, -0.25) is 0 Å². The summed E-state index contributed by atoms with van der Waals surface area (Å²) >= 11 is 3.56. The van der Waals surface area contributed by atoms with Gasteiger partial charge >= 0.3 is 0 Å². The van der Waals surface area contributed by atoms with E-state index in [0.29, 0.717) is 5.69 Å². The topological polar surface area (TPSA) is 38.5 Å². The van der Waals surface area contributed by atoms with Gasteiger partial charge in [-0.1, -0.05) is 34.1 Å². The highest BCUT2D eigenvalue weighted by Gasteiger charge is 2.07. The summed E-state index contributed by atoms with van der Waals surface area (Å²) in [6.07, 6.45) is 0. The molecule has 2 N–H and O–H groups in total. The fourth-order valence-corrected chi connectivity index (χ4v) is 2.33. The molecule has 2 aromatic carbocycles. The van der Waals surface area contributed by atoms with Gasteiger partial charge in [0, 0.05) is 41.6 Å². The van der Waals surface area contributed by atoms with E-state index in [2.05, 4.69) is 26.9 Å². The van der Waals surface area contributed by atoms with Crippen molar-refractivity contribution in [3.05, 3.63) is 52.5 Å². The molecule has 0 aromatic heterocycles. The molecule has 0 unspecified atom stereocenters. The highest BCUT2D eigenvalue weighted by atomic mass is 79.9. The molecular weight excluding hydrogens is 304 g/mol. The highest BCUT2D eigenvalue weighted by Crippen LogP contribution is 2.27. The quantitative estimate of drug-likeness (QED) is 0.873. The van der Waals surface area contributed by atoms with E-state index in [1.807, 2.05) is 43.4 Å². The second-order valence-electron chi connectivity index (χ2n) is 4.41. The van der Waals surface area contributed by atoms with Crippen molar-refractivity contribution in [2.45, 2.75) is 6.54 Å². The lowest BCUT2D eigenvalue weighted by molar-refractivity contribution is 0.415. The molecule has 0 fully saturated rings. The van der Waals surface area contributed by atoms with Crippen molar-refractivity contribution >= 4 is 27.3 Å². The first-order valence-corrected chi connectivity index (χ1v) is 6.78. The van der Waals surface area contributed by atoms with Gasteiger partial charge in [0.15, 0.2) is 0 Å². The van der Waals surface area contributed by atoms with Crippen molar-refractivity contribution in [1.82, 2.24) is 0 Å². The number of hydrogen-bond acceptors (Lipinski definition) is 3. The predicted octanol–water partition coefficient (Wildman–Crippen LogP) is 3.68. The maximum absolute atomic E-state index is 5.88. The first-order valence-electron chi connectivity index (χ1n) is 5.99. The molecule has 0 aliphatic heterocycles. The second kappa shape index (κ2) is 5.97. The Kier molecular flexibility index (Phi) is 4.32. The van der Waals surface area contributed by atoms with E-state index in [9.17, 15) is 0 Å². The molecule has 0 atom stereocenters. The molecule has 0 amide bonds. The standard InChI is InChI=1S/C15H17BrN2O/c1-18(10-11-5-3-4-6-15(11)16)13-7-12(17)8-14(9-13)19-2/h3-9H,10,17H2,1-2H3. The molecule has 100 valence electrons. The lowest BCUT2D eigenvalue weighted by Gasteiger charge is -2.21. The van der Waals surface area contributed by atoms with E-state index in [-0.39, 0.29) is 0 Å². The van der Waals surface area contributed by atoms with Gasteiger partial charge in [-0.05, 0) is 17.7 Å². The Balaban J connectivity index is 2.22. The molecule has 2 rings (SSSR count). The van der Waals surface area contributed by atoms with Gasteiger partial charge in [-0.25, -0.2) is 0 Å². The summed E-state index contributed by atoms with van der Waals surface area (Å²) in [6, 6.07) is 13.9. The number of rotatable bonds is 4. The Morgan fingerprint density at radius 2 is 1.95 bits per heavy atom. The van der Waals surface area contributed by atoms with Gasteiger partial charge in [0.1, 0.15) is 5.75 Å². The van der Waals surface area contributed by atoms with Gasteiger partial charge in [-0.2, -0.15) is 0 Å². The third-order valence-corrected chi connectivity index (χ3v) is 3.73. The summed E-state index contributed by atoms with van der Waals surface area (Å²) < 4.78 is 6.35. The van der Waals surface area contributed by atoms with Crippen LogP contribution >= 0.6 is 15.9 Å². The molecular formula is C15H17BrN2O. The summed E-state index contributed by atoms with van der Waals surface area (Å²) in [5.41, 5.74) is 8.85. The summed E-state index contributed by atoms with van der Waals surface area (Å²) in [5.74, 6) is 0.772. The lowest BCUT2D eigenvalue weighted by Crippen LogP contribution is -2.16. The van der Waals surface area contributed by atoms with Crippen molar-refractivity contribution in [3.8, 4) is 5.75 Å². The Bertz CT molecular complexity index is 572. The third-order valence-electron chi connectivity index (χ3n) is 2.96. The molecule has 0 heterocycles. The third kappa shape index (κ3) is 3.41. The van der Waals surface area contributed by atoms with Crippen LogP contribution in [-0.4, -0.2) is 14.2 Å². The predicted molar refractivity (Wildman–Crippen MR) is 83.7 cm³/mol. The van der Waals surface area contributed by atoms with Crippen molar-refractivity contribution in [1.29, 1.82) is 0 Å². The van der Waals surface area contributed by atoms with Crippen molar-refractivity contribution < 1.29 is 4.74 Å². The Labute approximate surface area is 122 Å². The summed E-state index contributed by atoms with van der Waals surface area (Å²) in [7, 11) is 3.68. The molecule has 0 aliphatic rings. The molecule has 0 spiro atoms. The number of ether oxygens (including phenoxy) is 1. The van der Waals surface area contributed by atoms with E-state index in [1.54, 1.807) is 7.11 Å². The van der Waals surface area contributed by atoms with Gasteiger partial charge in [0.2, 0.25) is 0 Å². The number of hydrogen-bond donors (Lipinski definition) is 1. The fourth-order valence-electron chi connectivity index (χ4n) is 1.92. The number of benzene rings is 2. The normalized spacial score (nSPS) is 10.3. The van der Waals surface area contributed by atoms with Crippen LogP contribution < -0.4 is 15.4 Å². The number of nitrogens with zero attached hydrogens (tertiary/aromatic N) is 1. The summed E-state index contributed by atoms with van der Waals surface area (Å²) in [6.45, 7) is 0.800. The van der Waals surface area contributed by atoms with Crippen molar-refractivity contribution in [3.63, 3.8) is 0 Å². The molecule has 0 radical (unpaired) electrons. The van der Waals surface area contributed by atoms with Crippen LogP contribution in [-0.2, 0) is 6.54 Å². The molecule has 0 bridgehead atoms. The Hall–Kier alpha value is -1.68. The maximum Gasteiger partial charge on any atom is 0.122 e. The van der Waals surface area contributed by atoms with E-state index in [0.717, 1.165) is 22.5 Å². The van der Waals surface area contributed by atoms with E-state index < -0.39 is 0 Å². The highest BCUT2D eigenvalue weighted by molar-refractivity contribution is 9.10. The molecule has 4 heteroatoms. The SMILES string of the molecule is COc1cc(N)cc(N(C)Cc2ccccc2Br)c1. The number of anilines is 2. The van der Waals surface area contributed by atoms with Crippen molar-refractivity contribution in [2.24, 2.45) is 0 Å². The average molecular weight is 321 g/mol. The van der Waals surface area contributed by atoms with Gasteiger partial charge in [-0.15, -0.1) is 0 Å². The smallest absolute Gasteiger partial charge is 0.122 e. The van der Waals surface area contributed by atoms with Gasteiger partial charge < -0.3 is 15.4 Å².